The van der Waals surface area contributed by atoms with Gasteiger partial charge < -0.3 is 15.5 Å². The van der Waals surface area contributed by atoms with Crippen molar-refractivity contribution in [3.8, 4) is 0 Å². The van der Waals surface area contributed by atoms with Gasteiger partial charge in [-0.05, 0) is 40.1 Å². The summed E-state index contributed by atoms with van der Waals surface area (Å²) in [6.45, 7) is 4.74. The van der Waals surface area contributed by atoms with Crippen LogP contribution in [0.1, 0.15) is 12.1 Å². The van der Waals surface area contributed by atoms with Crippen molar-refractivity contribution >= 4 is 11.4 Å². The van der Waals surface area contributed by atoms with E-state index in [0.29, 0.717) is 31.0 Å². The second-order valence-electron chi connectivity index (χ2n) is 5.64. The zero-order valence-electron chi connectivity index (χ0n) is 13.3. The summed E-state index contributed by atoms with van der Waals surface area (Å²) < 4.78 is 1.80. The van der Waals surface area contributed by atoms with E-state index < -0.39 is 10.9 Å². The first-order valence-electron chi connectivity index (χ1n) is 7.45. The van der Waals surface area contributed by atoms with Gasteiger partial charge in [0.1, 0.15) is 11.4 Å². The molecule has 0 aliphatic heterocycles. The van der Waals surface area contributed by atoms with Gasteiger partial charge in [0.15, 0.2) is 0 Å². The molecule has 0 unspecified atom stereocenters. The molecule has 0 fully saturated rings. The smallest absolute Gasteiger partial charge is 0.253 e. The molecular formula is C15H23N5O2. The van der Waals surface area contributed by atoms with Gasteiger partial charge in [0.25, 0.3) is 10.9 Å². The molecule has 0 aliphatic carbocycles. The highest BCUT2D eigenvalue weighted by molar-refractivity contribution is 5.73. The lowest BCUT2D eigenvalue weighted by Gasteiger charge is -2.15. The second-order valence-corrected chi connectivity index (χ2v) is 5.64. The Bertz CT molecular complexity index is 682. The Balaban J connectivity index is 1.82. The van der Waals surface area contributed by atoms with Gasteiger partial charge in [0.05, 0.1) is 12.2 Å². The predicted molar refractivity (Wildman–Crippen MR) is 88.5 cm³/mol. The lowest BCUT2D eigenvalue weighted by molar-refractivity contribution is 0.405. The molecule has 0 amide bonds. The maximum Gasteiger partial charge on any atom is 0.253 e. The highest BCUT2D eigenvalue weighted by Crippen LogP contribution is 2.13. The van der Waals surface area contributed by atoms with Crippen LogP contribution in [0.5, 0.6) is 0 Å². The van der Waals surface area contributed by atoms with E-state index in [1.54, 1.807) is 4.68 Å². The van der Waals surface area contributed by atoms with Crippen molar-refractivity contribution in [2.24, 2.45) is 0 Å². The van der Waals surface area contributed by atoms with Crippen molar-refractivity contribution in [2.45, 2.75) is 19.9 Å². The molecule has 2 rings (SSSR count). The normalized spacial score (nSPS) is 11.3. The fourth-order valence-corrected chi connectivity index (χ4v) is 2.22. The van der Waals surface area contributed by atoms with E-state index in [0.717, 1.165) is 18.7 Å². The number of nitrogens with one attached hydrogen (secondary N) is 2. The monoisotopic (exact) mass is 305 g/mol. The minimum absolute atomic E-state index is 0.402. The van der Waals surface area contributed by atoms with Crippen molar-refractivity contribution in [1.82, 2.24) is 14.7 Å². The Hall–Kier alpha value is -2.15. The van der Waals surface area contributed by atoms with Crippen LogP contribution in [-0.2, 0) is 6.54 Å². The van der Waals surface area contributed by atoms with E-state index in [4.69, 9.17) is 0 Å². The van der Waals surface area contributed by atoms with Crippen LogP contribution in [0, 0.1) is 6.92 Å². The van der Waals surface area contributed by atoms with Gasteiger partial charge in [-0.25, -0.2) is 0 Å². The molecule has 1 aromatic carbocycles. The zero-order valence-corrected chi connectivity index (χ0v) is 13.3. The molecule has 0 saturated heterocycles. The molecule has 22 heavy (non-hydrogen) atoms. The summed E-state index contributed by atoms with van der Waals surface area (Å²) in [5.74, 6) is 0. The van der Waals surface area contributed by atoms with E-state index in [1.807, 2.05) is 33.3 Å². The summed E-state index contributed by atoms with van der Waals surface area (Å²) in [6.07, 6.45) is 2.80. The molecule has 0 atom stereocenters. The number of nitrogens with zero attached hydrogens (tertiary/aromatic N) is 3. The maximum atomic E-state index is 11.6. The molecular weight excluding hydrogens is 282 g/mol. The van der Waals surface area contributed by atoms with Crippen molar-refractivity contribution < 1.29 is 0 Å². The Morgan fingerprint density at radius 3 is 2.32 bits per heavy atom. The molecule has 0 aliphatic rings. The van der Waals surface area contributed by atoms with Crippen LogP contribution in [0.4, 0.5) is 11.4 Å². The van der Waals surface area contributed by atoms with Crippen molar-refractivity contribution in [2.75, 3.05) is 44.4 Å². The predicted octanol–water partition coefficient (Wildman–Crippen LogP) is 0.263. The van der Waals surface area contributed by atoms with Crippen LogP contribution in [-0.4, -0.2) is 48.4 Å². The summed E-state index contributed by atoms with van der Waals surface area (Å²) in [4.78, 5) is 25.3. The number of anilines is 2. The zero-order chi connectivity index (χ0) is 16.1. The van der Waals surface area contributed by atoms with Gasteiger partial charge in [-0.3, -0.25) is 14.3 Å². The Morgan fingerprint density at radius 1 is 1.14 bits per heavy atom. The van der Waals surface area contributed by atoms with Crippen LogP contribution in [0.3, 0.4) is 0 Å². The van der Waals surface area contributed by atoms with E-state index in [-0.39, 0.29) is 0 Å². The van der Waals surface area contributed by atoms with Crippen molar-refractivity contribution in [3.05, 3.63) is 38.4 Å². The van der Waals surface area contributed by atoms with Gasteiger partial charge in [-0.15, -0.1) is 0 Å². The van der Waals surface area contributed by atoms with Gasteiger partial charge in [0.2, 0.25) is 0 Å². The minimum atomic E-state index is -0.438. The quantitative estimate of drug-likeness (QED) is 0.511. The molecule has 120 valence electrons. The lowest BCUT2D eigenvalue weighted by atomic mass is 10.2. The lowest BCUT2D eigenvalue weighted by Crippen LogP contribution is -2.38. The highest BCUT2D eigenvalue weighted by Gasteiger charge is 2.19. The minimum Gasteiger partial charge on any atom is -0.380 e. The Morgan fingerprint density at radius 2 is 1.77 bits per heavy atom. The molecule has 7 heteroatoms. The average molecular weight is 305 g/mol. The van der Waals surface area contributed by atoms with Gasteiger partial charge in [0, 0.05) is 19.3 Å². The highest BCUT2D eigenvalue weighted by atomic mass is 16.2. The van der Waals surface area contributed by atoms with Crippen molar-refractivity contribution in [1.29, 1.82) is 0 Å². The van der Waals surface area contributed by atoms with Crippen LogP contribution < -0.4 is 21.5 Å². The van der Waals surface area contributed by atoms with E-state index in [9.17, 15) is 9.59 Å². The van der Waals surface area contributed by atoms with Crippen LogP contribution in [0.15, 0.2) is 21.9 Å². The van der Waals surface area contributed by atoms with Gasteiger partial charge in [-0.1, -0.05) is 0 Å². The summed E-state index contributed by atoms with van der Waals surface area (Å²) in [6, 6.07) is 1.93. The molecule has 1 aromatic heterocycles. The SMILES string of the molecule is Cc1ccn(CCNc2c(NCCCN(C)C)c(=O)c2=O)n1. The molecule has 0 bridgehead atoms. The van der Waals surface area contributed by atoms with E-state index >= 15 is 0 Å². The van der Waals surface area contributed by atoms with Crippen LogP contribution in [0.25, 0.3) is 0 Å². The largest absolute Gasteiger partial charge is 0.380 e. The third-order valence-electron chi connectivity index (χ3n) is 3.41. The van der Waals surface area contributed by atoms with Gasteiger partial charge in [-0.2, -0.15) is 5.10 Å². The number of aryl methyl sites for hydroxylation is 1. The first-order chi connectivity index (χ1) is 10.5. The van der Waals surface area contributed by atoms with Gasteiger partial charge >= 0.3 is 0 Å². The molecule has 7 nitrogen and oxygen atoms in total. The maximum absolute atomic E-state index is 11.6. The Kier molecular flexibility index (Phi) is 5.32. The topological polar surface area (TPSA) is 79.3 Å². The number of hydrogen-bond acceptors (Lipinski definition) is 6. The van der Waals surface area contributed by atoms with E-state index in [1.165, 1.54) is 0 Å². The number of aromatic nitrogens is 2. The first-order valence-corrected chi connectivity index (χ1v) is 7.45. The standard InChI is InChI=1S/C15H23N5O2/c1-11-5-9-20(18-11)10-7-17-13-12(14(21)15(13)22)16-6-4-8-19(2)3/h5,9,16-17H,4,6-8,10H2,1-3H3. The first kappa shape index (κ1) is 16.2. The summed E-state index contributed by atoms with van der Waals surface area (Å²) in [5, 5.41) is 10.4. The number of rotatable bonds is 9. The third-order valence-corrected chi connectivity index (χ3v) is 3.41. The molecule has 2 aromatic rings. The molecule has 0 spiro atoms. The number of hydrogen-bond donors (Lipinski definition) is 2. The average Bonchev–Trinajstić information content (AvgIpc) is 2.89. The fourth-order valence-electron chi connectivity index (χ4n) is 2.22. The van der Waals surface area contributed by atoms with Crippen molar-refractivity contribution in [3.63, 3.8) is 0 Å². The molecule has 1 heterocycles. The van der Waals surface area contributed by atoms with Crippen LogP contribution >= 0.6 is 0 Å². The van der Waals surface area contributed by atoms with Crippen LogP contribution in [0.2, 0.25) is 0 Å². The molecule has 2 N–H and O–H groups in total. The Labute approximate surface area is 129 Å². The fraction of sp³-hybridized carbons (Fsp3) is 0.533. The van der Waals surface area contributed by atoms with E-state index in [2.05, 4.69) is 20.6 Å². The third kappa shape index (κ3) is 3.94. The molecule has 0 saturated carbocycles. The summed E-state index contributed by atoms with van der Waals surface area (Å²) in [5.41, 5.74) is 0.908. The molecule has 0 radical (unpaired) electrons. The summed E-state index contributed by atoms with van der Waals surface area (Å²) >= 11 is 0. The summed E-state index contributed by atoms with van der Waals surface area (Å²) in [7, 11) is 4.00. The second kappa shape index (κ2) is 7.22.